The van der Waals surface area contributed by atoms with E-state index in [9.17, 15) is 4.79 Å². The lowest BCUT2D eigenvalue weighted by atomic mass is 9.97. The lowest BCUT2D eigenvalue weighted by Gasteiger charge is -2.19. The molecule has 0 aromatic carbocycles. The van der Waals surface area contributed by atoms with Gasteiger partial charge in [0.15, 0.2) is 0 Å². The average molecular weight is 274 g/mol. The number of amides is 1. The summed E-state index contributed by atoms with van der Waals surface area (Å²) in [5.74, 6) is 0.570. The first-order valence-electron chi connectivity index (χ1n) is 7.48. The number of hydrogen-bond acceptors (Lipinski definition) is 3. The van der Waals surface area contributed by atoms with E-state index >= 15 is 0 Å². The fraction of sp³-hybridized carbons (Fsp3) is 0.600. The van der Waals surface area contributed by atoms with Crippen LogP contribution in [0, 0.1) is 0 Å². The Morgan fingerprint density at radius 1 is 1.50 bits per heavy atom. The lowest BCUT2D eigenvalue weighted by Crippen LogP contribution is -2.28. The molecule has 1 saturated heterocycles. The number of nitrogens with two attached hydrogens (primary N) is 1. The van der Waals surface area contributed by atoms with Gasteiger partial charge in [-0.05, 0) is 32.1 Å². The number of H-pyrrole nitrogens is 1. The second-order valence-electron chi connectivity index (χ2n) is 5.85. The van der Waals surface area contributed by atoms with Crippen molar-refractivity contribution in [1.82, 2.24) is 15.1 Å². The first kappa shape index (κ1) is 13.2. The van der Waals surface area contributed by atoms with Gasteiger partial charge in [-0.1, -0.05) is 11.6 Å². The molecule has 1 fully saturated rings. The molecule has 1 aliphatic heterocycles. The van der Waals surface area contributed by atoms with E-state index in [2.05, 4.69) is 16.3 Å². The van der Waals surface area contributed by atoms with Crippen LogP contribution < -0.4 is 5.73 Å². The maximum absolute atomic E-state index is 12.3. The van der Waals surface area contributed by atoms with Gasteiger partial charge in [0.05, 0.1) is 17.6 Å². The Balaban J connectivity index is 1.58. The molecular formula is C15H22N4O. The van der Waals surface area contributed by atoms with Crippen molar-refractivity contribution in [1.29, 1.82) is 0 Å². The van der Waals surface area contributed by atoms with Crippen LogP contribution in [0.3, 0.4) is 0 Å². The number of anilines is 1. The second-order valence-corrected chi connectivity index (χ2v) is 5.85. The predicted molar refractivity (Wildman–Crippen MR) is 78.1 cm³/mol. The summed E-state index contributed by atoms with van der Waals surface area (Å²) in [5.41, 5.74) is 8.90. The summed E-state index contributed by atoms with van der Waals surface area (Å²) in [4.78, 5) is 14.3. The molecule has 0 spiro atoms. The van der Waals surface area contributed by atoms with Crippen molar-refractivity contribution in [3.63, 3.8) is 0 Å². The summed E-state index contributed by atoms with van der Waals surface area (Å²) in [6.45, 7) is 1.59. The van der Waals surface area contributed by atoms with Crippen molar-refractivity contribution in [3.05, 3.63) is 23.5 Å². The molecule has 20 heavy (non-hydrogen) atoms. The largest absolute Gasteiger partial charge is 0.396 e. The first-order chi connectivity index (χ1) is 9.74. The van der Waals surface area contributed by atoms with E-state index < -0.39 is 0 Å². The van der Waals surface area contributed by atoms with Gasteiger partial charge in [0.25, 0.3) is 0 Å². The highest BCUT2D eigenvalue weighted by molar-refractivity contribution is 5.79. The van der Waals surface area contributed by atoms with Crippen molar-refractivity contribution in [3.8, 4) is 0 Å². The van der Waals surface area contributed by atoms with Crippen LogP contribution in [0.25, 0.3) is 0 Å². The summed E-state index contributed by atoms with van der Waals surface area (Å²) >= 11 is 0. The number of likely N-dealkylation sites (tertiary alicyclic amines) is 1. The van der Waals surface area contributed by atoms with Crippen molar-refractivity contribution in [2.75, 3.05) is 18.8 Å². The number of carbonyl (C=O) groups is 1. The fourth-order valence-corrected chi connectivity index (χ4v) is 3.23. The fourth-order valence-electron chi connectivity index (χ4n) is 3.23. The average Bonchev–Trinajstić information content (AvgIpc) is 3.08. The maximum Gasteiger partial charge on any atom is 0.226 e. The summed E-state index contributed by atoms with van der Waals surface area (Å²) in [5, 5.41) is 6.93. The number of aromatic nitrogens is 2. The summed E-state index contributed by atoms with van der Waals surface area (Å²) in [6.07, 6.45) is 10.2. The van der Waals surface area contributed by atoms with Gasteiger partial charge in [0, 0.05) is 25.4 Å². The van der Waals surface area contributed by atoms with Crippen LogP contribution >= 0.6 is 0 Å². The van der Waals surface area contributed by atoms with Crippen LogP contribution in [-0.4, -0.2) is 34.1 Å². The highest BCUT2D eigenvalue weighted by Gasteiger charge is 2.29. The Bertz CT molecular complexity index is 520. The third-order valence-corrected chi connectivity index (χ3v) is 4.41. The number of nitrogen functional groups attached to an aromatic ring is 1. The quantitative estimate of drug-likeness (QED) is 0.830. The molecule has 2 heterocycles. The molecular weight excluding hydrogens is 252 g/mol. The monoisotopic (exact) mass is 274 g/mol. The molecule has 3 N–H and O–H groups in total. The number of nitrogens with zero attached hydrogens (tertiary/aromatic N) is 2. The van der Waals surface area contributed by atoms with Gasteiger partial charge in [-0.2, -0.15) is 5.10 Å². The Hall–Kier alpha value is -1.78. The van der Waals surface area contributed by atoms with Crippen LogP contribution in [0.15, 0.2) is 17.8 Å². The van der Waals surface area contributed by atoms with Crippen LogP contribution in [0.4, 0.5) is 5.69 Å². The molecule has 2 aliphatic rings. The normalized spacial score (nSPS) is 22.9. The van der Waals surface area contributed by atoms with Crippen LogP contribution in [0.5, 0.6) is 0 Å². The molecule has 1 aromatic heterocycles. The Morgan fingerprint density at radius 2 is 2.40 bits per heavy atom. The number of allylic oxidation sites excluding steroid dienone is 1. The number of rotatable bonds is 3. The van der Waals surface area contributed by atoms with E-state index in [0.29, 0.717) is 18.0 Å². The third-order valence-electron chi connectivity index (χ3n) is 4.41. The SMILES string of the molecule is Nc1cn[nH]c1C1CCN(C(=O)CC2=CCCCC2)C1. The molecule has 0 saturated carbocycles. The van der Waals surface area contributed by atoms with E-state index in [0.717, 1.165) is 38.0 Å². The number of hydrogen-bond donors (Lipinski definition) is 2. The van der Waals surface area contributed by atoms with Crippen LogP contribution in [0.2, 0.25) is 0 Å². The summed E-state index contributed by atoms with van der Waals surface area (Å²) < 4.78 is 0. The molecule has 0 radical (unpaired) electrons. The van der Waals surface area contributed by atoms with E-state index in [1.165, 1.54) is 18.4 Å². The Kier molecular flexibility index (Phi) is 3.76. The van der Waals surface area contributed by atoms with Gasteiger partial charge >= 0.3 is 0 Å². The molecule has 108 valence electrons. The van der Waals surface area contributed by atoms with Crippen molar-refractivity contribution < 1.29 is 4.79 Å². The molecule has 1 aromatic rings. The van der Waals surface area contributed by atoms with Gasteiger partial charge in [-0.25, -0.2) is 0 Å². The molecule has 5 nitrogen and oxygen atoms in total. The minimum atomic E-state index is 0.263. The minimum Gasteiger partial charge on any atom is -0.396 e. The second kappa shape index (κ2) is 5.69. The van der Waals surface area contributed by atoms with Gasteiger partial charge < -0.3 is 10.6 Å². The number of carbonyl (C=O) groups excluding carboxylic acids is 1. The zero-order chi connectivity index (χ0) is 13.9. The zero-order valence-corrected chi connectivity index (χ0v) is 11.8. The van der Waals surface area contributed by atoms with Crippen molar-refractivity contribution in [2.45, 2.75) is 44.4 Å². The van der Waals surface area contributed by atoms with Crippen molar-refractivity contribution >= 4 is 11.6 Å². The van der Waals surface area contributed by atoms with Crippen LogP contribution in [-0.2, 0) is 4.79 Å². The molecule has 0 bridgehead atoms. The highest BCUT2D eigenvalue weighted by atomic mass is 16.2. The molecule has 5 heteroatoms. The van der Waals surface area contributed by atoms with E-state index in [1.54, 1.807) is 6.20 Å². The summed E-state index contributed by atoms with van der Waals surface area (Å²) in [7, 11) is 0. The van der Waals surface area contributed by atoms with E-state index in [-0.39, 0.29) is 5.91 Å². The summed E-state index contributed by atoms with van der Waals surface area (Å²) in [6, 6.07) is 0. The highest BCUT2D eigenvalue weighted by Crippen LogP contribution is 2.30. The molecule has 1 amide bonds. The number of aromatic amines is 1. The third kappa shape index (κ3) is 2.71. The molecule has 1 atom stereocenters. The Morgan fingerprint density at radius 3 is 3.10 bits per heavy atom. The maximum atomic E-state index is 12.3. The minimum absolute atomic E-state index is 0.263. The topological polar surface area (TPSA) is 75.0 Å². The smallest absolute Gasteiger partial charge is 0.226 e. The molecule has 1 aliphatic carbocycles. The number of nitrogens with one attached hydrogen (secondary N) is 1. The van der Waals surface area contributed by atoms with E-state index in [1.807, 2.05) is 4.90 Å². The predicted octanol–water partition coefficient (Wildman–Crippen LogP) is 2.20. The van der Waals surface area contributed by atoms with Gasteiger partial charge in [0.2, 0.25) is 5.91 Å². The zero-order valence-electron chi connectivity index (χ0n) is 11.8. The molecule has 1 unspecified atom stereocenters. The first-order valence-corrected chi connectivity index (χ1v) is 7.48. The van der Waals surface area contributed by atoms with Gasteiger partial charge in [0.1, 0.15) is 0 Å². The van der Waals surface area contributed by atoms with Crippen LogP contribution in [0.1, 0.15) is 50.1 Å². The Labute approximate surface area is 119 Å². The standard InChI is InChI=1S/C15H22N4O/c16-13-9-17-18-15(13)12-6-7-19(10-12)14(20)8-11-4-2-1-3-5-11/h4,9,12H,1-3,5-8,10,16H2,(H,17,18). The van der Waals surface area contributed by atoms with Crippen molar-refractivity contribution in [2.24, 2.45) is 0 Å². The van der Waals surface area contributed by atoms with Gasteiger partial charge in [-0.3, -0.25) is 9.89 Å². The van der Waals surface area contributed by atoms with Gasteiger partial charge in [-0.15, -0.1) is 0 Å². The van der Waals surface area contributed by atoms with E-state index in [4.69, 9.17) is 5.73 Å². The lowest BCUT2D eigenvalue weighted by molar-refractivity contribution is -0.129. The molecule has 3 rings (SSSR count).